The van der Waals surface area contributed by atoms with Gasteiger partial charge < -0.3 is 14.8 Å². The van der Waals surface area contributed by atoms with E-state index in [1.807, 2.05) is 12.3 Å². The topological polar surface area (TPSA) is 43.4 Å². The van der Waals surface area contributed by atoms with E-state index in [4.69, 9.17) is 9.47 Å². The van der Waals surface area contributed by atoms with Gasteiger partial charge in [0.2, 0.25) is 0 Å². The fourth-order valence-electron chi connectivity index (χ4n) is 2.02. The van der Waals surface area contributed by atoms with Crippen LogP contribution in [0.1, 0.15) is 24.8 Å². The van der Waals surface area contributed by atoms with E-state index in [-0.39, 0.29) is 0 Å². The highest BCUT2D eigenvalue weighted by Gasteiger charge is 2.13. The fourth-order valence-corrected chi connectivity index (χ4v) is 2.23. The summed E-state index contributed by atoms with van der Waals surface area (Å²) in [5, 5.41) is 3.31. The Balaban J connectivity index is 1.59. The second kappa shape index (κ2) is 7.82. The number of halogens is 1. The molecule has 1 fully saturated rings. The molecule has 0 radical (unpaired) electrons. The summed E-state index contributed by atoms with van der Waals surface area (Å²) in [6, 6.07) is 2.05. The molecule has 0 aromatic carbocycles. The van der Waals surface area contributed by atoms with Gasteiger partial charge in [-0.25, -0.2) is 4.98 Å². The van der Waals surface area contributed by atoms with Gasteiger partial charge in [0.1, 0.15) is 5.82 Å². The number of aromatic nitrogens is 1. The summed E-state index contributed by atoms with van der Waals surface area (Å²) in [6.07, 6.45) is 5.27. The van der Waals surface area contributed by atoms with Crippen LogP contribution >= 0.6 is 15.9 Å². The van der Waals surface area contributed by atoms with Gasteiger partial charge in [0, 0.05) is 37.0 Å². The predicted molar refractivity (Wildman–Crippen MR) is 79.6 cm³/mol. The zero-order valence-corrected chi connectivity index (χ0v) is 12.9. The Hall–Kier alpha value is -0.650. The second-order valence-corrected chi connectivity index (χ2v) is 5.64. The van der Waals surface area contributed by atoms with Crippen LogP contribution in [0.4, 0.5) is 5.82 Å². The molecule has 2 rings (SSSR count). The summed E-state index contributed by atoms with van der Waals surface area (Å²) in [6.45, 7) is 5.42. The van der Waals surface area contributed by atoms with Crippen molar-refractivity contribution >= 4 is 21.7 Å². The van der Waals surface area contributed by atoms with E-state index < -0.39 is 0 Å². The largest absolute Gasteiger partial charge is 0.381 e. The van der Waals surface area contributed by atoms with E-state index in [1.165, 1.54) is 5.56 Å². The lowest BCUT2D eigenvalue weighted by Gasteiger charge is -2.22. The molecular formula is C14H21BrN2O2. The maximum atomic E-state index is 5.82. The molecule has 2 heterocycles. The molecule has 0 amide bonds. The Morgan fingerprint density at radius 2 is 2.26 bits per heavy atom. The van der Waals surface area contributed by atoms with E-state index in [1.54, 1.807) is 0 Å². The average Bonchev–Trinajstić information content (AvgIpc) is 2.43. The van der Waals surface area contributed by atoms with Gasteiger partial charge >= 0.3 is 0 Å². The van der Waals surface area contributed by atoms with Crippen LogP contribution in [0, 0.1) is 6.92 Å². The van der Waals surface area contributed by atoms with Crippen LogP contribution in [0.5, 0.6) is 0 Å². The molecule has 1 N–H and O–H groups in total. The zero-order chi connectivity index (χ0) is 13.5. The maximum Gasteiger partial charge on any atom is 0.126 e. The maximum absolute atomic E-state index is 5.82. The second-order valence-electron chi connectivity index (χ2n) is 4.78. The van der Waals surface area contributed by atoms with Gasteiger partial charge in [0.15, 0.2) is 0 Å². The van der Waals surface area contributed by atoms with Crippen molar-refractivity contribution in [2.45, 2.75) is 32.3 Å². The number of nitrogens with zero attached hydrogens (tertiary/aromatic N) is 1. The Morgan fingerprint density at radius 1 is 1.47 bits per heavy atom. The molecule has 0 spiro atoms. The van der Waals surface area contributed by atoms with Gasteiger partial charge in [-0.1, -0.05) is 0 Å². The number of hydrogen-bond donors (Lipinski definition) is 1. The minimum atomic E-state index is 0.391. The minimum absolute atomic E-state index is 0.391. The van der Waals surface area contributed by atoms with Crippen molar-refractivity contribution in [2.75, 3.05) is 31.7 Å². The highest BCUT2D eigenvalue weighted by atomic mass is 79.9. The first-order valence-corrected chi connectivity index (χ1v) is 7.60. The fraction of sp³-hybridized carbons (Fsp3) is 0.643. The third-order valence-corrected chi connectivity index (χ3v) is 4.03. The zero-order valence-electron chi connectivity index (χ0n) is 11.3. The summed E-state index contributed by atoms with van der Waals surface area (Å²) in [5.74, 6) is 0.923. The normalized spacial score (nSPS) is 16.5. The standard InChI is InChI=1S/C14H21BrN2O2/c1-11-9-14(17-10-13(11)15)16-5-2-6-19-12-3-7-18-8-4-12/h9-10,12H,2-8H2,1H3,(H,16,17). The van der Waals surface area contributed by atoms with E-state index in [0.717, 1.165) is 55.9 Å². The number of rotatable bonds is 6. The van der Waals surface area contributed by atoms with Crippen LogP contribution in [0.25, 0.3) is 0 Å². The first kappa shape index (κ1) is 14.8. The molecular weight excluding hydrogens is 308 g/mol. The van der Waals surface area contributed by atoms with Gasteiger partial charge in [0.25, 0.3) is 0 Å². The molecule has 0 atom stereocenters. The molecule has 4 nitrogen and oxygen atoms in total. The van der Waals surface area contributed by atoms with Crippen LogP contribution in [0.2, 0.25) is 0 Å². The smallest absolute Gasteiger partial charge is 0.126 e. The Bertz CT molecular complexity index is 395. The molecule has 0 unspecified atom stereocenters. The number of ether oxygens (including phenoxy) is 2. The summed E-state index contributed by atoms with van der Waals surface area (Å²) >= 11 is 3.45. The van der Waals surface area contributed by atoms with Crippen LogP contribution in [-0.2, 0) is 9.47 Å². The predicted octanol–water partition coefficient (Wildman–Crippen LogP) is 3.15. The summed E-state index contributed by atoms with van der Waals surface area (Å²) in [7, 11) is 0. The van der Waals surface area contributed by atoms with Gasteiger partial charge in [-0.3, -0.25) is 0 Å². The molecule has 5 heteroatoms. The number of hydrogen-bond acceptors (Lipinski definition) is 4. The van der Waals surface area contributed by atoms with Crippen LogP contribution < -0.4 is 5.32 Å². The van der Waals surface area contributed by atoms with Crippen molar-refractivity contribution in [3.63, 3.8) is 0 Å². The Labute approximate surface area is 123 Å². The lowest BCUT2D eigenvalue weighted by molar-refractivity contribution is -0.0316. The quantitative estimate of drug-likeness (QED) is 0.814. The number of nitrogens with one attached hydrogen (secondary N) is 1. The lowest BCUT2D eigenvalue weighted by Crippen LogP contribution is -2.24. The van der Waals surface area contributed by atoms with E-state index in [9.17, 15) is 0 Å². The van der Waals surface area contributed by atoms with Crippen molar-refractivity contribution in [3.8, 4) is 0 Å². The van der Waals surface area contributed by atoms with E-state index >= 15 is 0 Å². The van der Waals surface area contributed by atoms with Crippen LogP contribution in [0.3, 0.4) is 0 Å². The van der Waals surface area contributed by atoms with Crippen molar-refractivity contribution in [1.82, 2.24) is 4.98 Å². The van der Waals surface area contributed by atoms with E-state index in [0.29, 0.717) is 6.10 Å². The summed E-state index contributed by atoms with van der Waals surface area (Å²) < 4.78 is 12.2. The summed E-state index contributed by atoms with van der Waals surface area (Å²) in [5.41, 5.74) is 1.19. The highest BCUT2D eigenvalue weighted by molar-refractivity contribution is 9.10. The van der Waals surface area contributed by atoms with Crippen LogP contribution in [0.15, 0.2) is 16.7 Å². The monoisotopic (exact) mass is 328 g/mol. The Kier molecular flexibility index (Phi) is 6.07. The molecule has 0 saturated carbocycles. The van der Waals surface area contributed by atoms with Gasteiger partial charge in [-0.2, -0.15) is 0 Å². The molecule has 1 aromatic rings. The van der Waals surface area contributed by atoms with Crippen molar-refractivity contribution in [3.05, 3.63) is 22.3 Å². The average molecular weight is 329 g/mol. The number of pyridine rings is 1. The van der Waals surface area contributed by atoms with Gasteiger partial charge in [0.05, 0.1) is 6.10 Å². The highest BCUT2D eigenvalue weighted by Crippen LogP contribution is 2.17. The number of aryl methyl sites for hydroxylation is 1. The SMILES string of the molecule is Cc1cc(NCCCOC2CCOCC2)ncc1Br. The Morgan fingerprint density at radius 3 is 3.00 bits per heavy atom. The first-order chi connectivity index (χ1) is 9.25. The van der Waals surface area contributed by atoms with Gasteiger partial charge in [-0.15, -0.1) is 0 Å². The van der Waals surface area contributed by atoms with Gasteiger partial charge in [-0.05, 0) is 53.7 Å². The molecule has 1 aromatic heterocycles. The van der Waals surface area contributed by atoms with Crippen molar-refractivity contribution < 1.29 is 9.47 Å². The molecule has 0 aliphatic carbocycles. The minimum Gasteiger partial charge on any atom is -0.381 e. The molecule has 1 saturated heterocycles. The van der Waals surface area contributed by atoms with E-state index in [2.05, 4.69) is 33.2 Å². The lowest BCUT2D eigenvalue weighted by atomic mass is 10.1. The van der Waals surface area contributed by atoms with Crippen molar-refractivity contribution in [1.29, 1.82) is 0 Å². The molecule has 1 aliphatic heterocycles. The number of anilines is 1. The molecule has 1 aliphatic rings. The summed E-state index contributed by atoms with van der Waals surface area (Å²) in [4.78, 5) is 4.31. The third kappa shape index (κ3) is 5.09. The molecule has 0 bridgehead atoms. The molecule has 19 heavy (non-hydrogen) atoms. The molecule has 106 valence electrons. The first-order valence-electron chi connectivity index (χ1n) is 6.81. The van der Waals surface area contributed by atoms with Crippen molar-refractivity contribution in [2.24, 2.45) is 0 Å². The third-order valence-electron chi connectivity index (χ3n) is 3.20. The van der Waals surface area contributed by atoms with Crippen LogP contribution in [-0.4, -0.2) is 37.5 Å².